The van der Waals surface area contributed by atoms with Gasteiger partial charge in [-0.15, -0.1) is 0 Å². The number of likely N-dealkylation sites (tertiary alicyclic amines) is 1. The van der Waals surface area contributed by atoms with Crippen LogP contribution in [0.3, 0.4) is 0 Å². The number of esters is 1. The molecule has 114 valence electrons. The van der Waals surface area contributed by atoms with Gasteiger partial charge in [0.15, 0.2) is 0 Å². The maximum absolute atomic E-state index is 12.0. The first-order valence-corrected chi connectivity index (χ1v) is 8.38. The van der Waals surface area contributed by atoms with Gasteiger partial charge in [0, 0.05) is 18.6 Å². The Hall–Kier alpha value is -0.610. The van der Waals surface area contributed by atoms with Gasteiger partial charge in [-0.25, -0.2) is 0 Å². The van der Waals surface area contributed by atoms with Crippen LogP contribution >= 0.6 is 0 Å². The van der Waals surface area contributed by atoms with E-state index in [1.165, 1.54) is 38.9 Å². The second-order valence-corrected chi connectivity index (χ2v) is 6.60. The van der Waals surface area contributed by atoms with Gasteiger partial charge in [0.1, 0.15) is 0 Å². The van der Waals surface area contributed by atoms with Crippen LogP contribution in [0, 0.1) is 11.8 Å². The summed E-state index contributed by atoms with van der Waals surface area (Å²) in [5.41, 5.74) is 0. The molecule has 4 aliphatic rings. The summed E-state index contributed by atoms with van der Waals surface area (Å²) in [7, 11) is 0. The van der Waals surface area contributed by atoms with Crippen LogP contribution in [0.1, 0.15) is 39.5 Å². The predicted octanol–water partition coefficient (Wildman–Crippen LogP) is 1.74. The lowest BCUT2D eigenvalue weighted by atomic mass is 9.73. The molecule has 0 radical (unpaired) electrons. The zero-order valence-electron chi connectivity index (χ0n) is 12.9. The predicted molar refractivity (Wildman–Crippen MR) is 78.5 cm³/mol. The maximum Gasteiger partial charge on any atom is 0.307 e. The quantitative estimate of drug-likeness (QED) is 0.718. The van der Waals surface area contributed by atoms with Crippen LogP contribution in [0.25, 0.3) is 0 Å². The molecule has 3 unspecified atom stereocenters. The summed E-state index contributed by atoms with van der Waals surface area (Å²) in [5.74, 6) is 1.68. The lowest BCUT2D eigenvalue weighted by Gasteiger charge is -2.49. The van der Waals surface area contributed by atoms with Crippen molar-refractivity contribution in [3.8, 4) is 0 Å². The Morgan fingerprint density at radius 1 is 1.25 bits per heavy atom. The molecule has 2 bridgehead atoms. The van der Waals surface area contributed by atoms with Crippen molar-refractivity contribution in [3.05, 3.63) is 0 Å². The number of hydrogen-bond donors (Lipinski definition) is 0. The molecule has 4 heterocycles. The number of fused-ring (bicyclic) bond motifs is 2. The highest BCUT2D eigenvalue weighted by Crippen LogP contribution is 2.44. The molecule has 4 rings (SSSR count). The van der Waals surface area contributed by atoms with Gasteiger partial charge in [-0.3, -0.25) is 14.6 Å². The van der Waals surface area contributed by atoms with Crippen molar-refractivity contribution in [2.45, 2.75) is 51.6 Å². The van der Waals surface area contributed by atoms with Crippen molar-refractivity contribution in [2.75, 3.05) is 32.8 Å². The monoisotopic (exact) mass is 280 g/mol. The van der Waals surface area contributed by atoms with Crippen LogP contribution in [0.15, 0.2) is 0 Å². The molecule has 20 heavy (non-hydrogen) atoms. The Morgan fingerprint density at radius 3 is 2.65 bits per heavy atom. The Morgan fingerprint density at radius 2 is 2.00 bits per heavy atom. The van der Waals surface area contributed by atoms with Crippen molar-refractivity contribution < 1.29 is 9.53 Å². The minimum absolute atomic E-state index is 0.0121. The zero-order chi connectivity index (χ0) is 14.1. The minimum Gasteiger partial charge on any atom is -0.466 e. The van der Waals surface area contributed by atoms with Gasteiger partial charge in [-0.05, 0) is 57.7 Å². The lowest BCUT2D eigenvalue weighted by molar-refractivity contribution is -0.145. The highest BCUT2D eigenvalue weighted by Gasteiger charge is 2.52. The third kappa shape index (κ3) is 2.48. The van der Waals surface area contributed by atoms with E-state index < -0.39 is 0 Å². The highest BCUT2D eigenvalue weighted by molar-refractivity contribution is 5.70. The van der Waals surface area contributed by atoms with E-state index in [0.29, 0.717) is 25.1 Å². The molecule has 0 saturated carbocycles. The Labute approximate surface area is 122 Å². The molecule has 0 aromatic rings. The summed E-state index contributed by atoms with van der Waals surface area (Å²) in [6.45, 7) is 9.43. The molecule has 0 aromatic carbocycles. The van der Waals surface area contributed by atoms with Gasteiger partial charge in [0.05, 0.1) is 13.0 Å². The van der Waals surface area contributed by atoms with E-state index in [9.17, 15) is 4.79 Å². The van der Waals surface area contributed by atoms with Crippen molar-refractivity contribution in [1.29, 1.82) is 0 Å². The molecule has 4 nitrogen and oxygen atoms in total. The van der Waals surface area contributed by atoms with Crippen molar-refractivity contribution in [3.63, 3.8) is 0 Å². The Balaban J connectivity index is 1.74. The molecule has 0 aromatic heterocycles. The first-order valence-electron chi connectivity index (χ1n) is 8.38. The normalized spacial score (nSPS) is 39.8. The second kappa shape index (κ2) is 6.02. The fourth-order valence-corrected chi connectivity index (χ4v) is 4.79. The van der Waals surface area contributed by atoms with Crippen molar-refractivity contribution >= 4 is 5.97 Å². The van der Waals surface area contributed by atoms with E-state index in [1.54, 1.807) is 0 Å². The summed E-state index contributed by atoms with van der Waals surface area (Å²) >= 11 is 0. The first-order chi connectivity index (χ1) is 9.74. The van der Waals surface area contributed by atoms with Crippen LogP contribution in [0.4, 0.5) is 0 Å². The molecule has 4 fully saturated rings. The molecule has 0 spiro atoms. The third-order valence-electron chi connectivity index (χ3n) is 5.54. The van der Waals surface area contributed by atoms with Gasteiger partial charge in [-0.2, -0.15) is 0 Å². The molecule has 4 saturated heterocycles. The van der Waals surface area contributed by atoms with Crippen LogP contribution < -0.4 is 0 Å². The number of rotatable bonds is 5. The highest BCUT2D eigenvalue weighted by atomic mass is 16.5. The molecule has 0 amide bonds. The van der Waals surface area contributed by atoms with Crippen LogP contribution in [-0.2, 0) is 9.53 Å². The fourth-order valence-electron chi connectivity index (χ4n) is 4.79. The topological polar surface area (TPSA) is 32.8 Å². The van der Waals surface area contributed by atoms with E-state index in [-0.39, 0.29) is 5.97 Å². The SMILES string of the molecule is CCCN1CC2C3CCN(CC3)C2C1CC(=O)OCC. The van der Waals surface area contributed by atoms with Gasteiger partial charge in [0.25, 0.3) is 0 Å². The summed E-state index contributed by atoms with van der Waals surface area (Å²) in [6.07, 6.45) is 4.49. The van der Waals surface area contributed by atoms with E-state index >= 15 is 0 Å². The minimum atomic E-state index is -0.0121. The Kier molecular flexibility index (Phi) is 4.32. The third-order valence-corrected chi connectivity index (χ3v) is 5.54. The second-order valence-electron chi connectivity index (χ2n) is 6.60. The van der Waals surface area contributed by atoms with Gasteiger partial charge >= 0.3 is 5.97 Å². The van der Waals surface area contributed by atoms with Crippen molar-refractivity contribution in [1.82, 2.24) is 9.80 Å². The number of hydrogen-bond acceptors (Lipinski definition) is 4. The molecule has 4 aliphatic heterocycles. The lowest BCUT2D eigenvalue weighted by Crippen LogP contribution is -2.57. The number of carbonyl (C=O) groups excluding carboxylic acids is 1. The van der Waals surface area contributed by atoms with E-state index in [1.807, 2.05) is 6.92 Å². The van der Waals surface area contributed by atoms with Crippen LogP contribution in [0.5, 0.6) is 0 Å². The van der Waals surface area contributed by atoms with E-state index in [4.69, 9.17) is 4.74 Å². The molecular formula is C16H28N2O2. The van der Waals surface area contributed by atoms with Crippen LogP contribution in [0.2, 0.25) is 0 Å². The number of nitrogens with zero attached hydrogens (tertiary/aromatic N) is 2. The van der Waals surface area contributed by atoms with Crippen LogP contribution in [-0.4, -0.2) is 60.6 Å². The average molecular weight is 280 g/mol. The molecule has 0 aliphatic carbocycles. The molecule has 3 atom stereocenters. The van der Waals surface area contributed by atoms with E-state index in [0.717, 1.165) is 18.4 Å². The fraction of sp³-hybridized carbons (Fsp3) is 0.938. The maximum atomic E-state index is 12.0. The molecule has 0 N–H and O–H groups in total. The van der Waals surface area contributed by atoms with Crippen molar-refractivity contribution in [2.24, 2.45) is 11.8 Å². The smallest absolute Gasteiger partial charge is 0.307 e. The number of piperidine rings is 3. The van der Waals surface area contributed by atoms with Gasteiger partial charge in [0.2, 0.25) is 0 Å². The Bertz CT molecular complexity index is 352. The molecular weight excluding hydrogens is 252 g/mol. The summed E-state index contributed by atoms with van der Waals surface area (Å²) in [4.78, 5) is 17.2. The average Bonchev–Trinajstić information content (AvgIpc) is 2.81. The zero-order valence-corrected chi connectivity index (χ0v) is 12.9. The first kappa shape index (κ1) is 14.3. The van der Waals surface area contributed by atoms with Gasteiger partial charge < -0.3 is 4.74 Å². The van der Waals surface area contributed by atoms with Gasteiger partial charge in [-0.1, -0.05) is 6.92 Å². The molecule has 4 heteroatoms. The van der Waals surface area contributed by atoms with E-state index in [2.05, 4.69) is 16.7 Å². The summed E-state index contributed by atoms with van der Waals surface area (Å²) < 4.78 is 5.21. The number of ether oxygens (including phenoxy) is 1. The number of carbonyl (C=O) groups is 1. The summed E-state index contributed by atoms with van der Waals surface area (Å²) in [5, 5.41) is 0. The summed E-state index contributed by atoms with van der Waals surface area (Å²) in [6, 6.07) is 1.00. The largest absolute Gasteiger partial charge is 0.466 e. The standard InChI is InChI=1S/C16H28N2O2/c1-3-7-18-11-13-12-5-8-17(9-6-12)16(13)14(18)10-15(19)20-4-2/h12-14,16H,3-11H2,1-2H3.